The first-order valence-corrected chi connectivity index (χ1v) is 6.10. The molecule has 1 heterocycles. The molecule has 2 heteroatoms. The number of alkyl halides is 1. The number of hydrogen-bond acceptors (Lipinski definition) is 1. The SMILES string of the molecule is CC(C)c1cccc(CN2CCC(F)C2)c1. The van der Waals surface area contributed by atoms with Crippen molar-refractivity contribution in [3.63, 3.8) is 0 Å². The fourth-order valence-corrected chi connectivity index (χ4v) is 2.24. The first-order chi connectivity index (χ1) is 7.65. The van der Waals surface area contributed by atoms with Crippen molar-refractivity contribution in [3.8, 4) is 0 Å². The minimum Gasteiger partial charge on any atom is -0.296 e. The largest absolute Gasteiger partial charge is 0.296 e. The molecular formula is C14H20FN. The number of nitrogens with zero attached hydrogens (tertiary/aromatic N) is 1. The second-order valence-electron chi connectivity index (χ2n) is 5.02. The fraction of sp³-hybridized carbons (Fsp3) is 0.571. The molecular weight excluding hydrogens is 201 g/mol. The molecule has 1 aliphatic rings. The van der Waals surface area contributed by atoms with Gasteiger partial charge in [-0.15, -0.1) is 0 Å². The molecule has 0 aromatic heterocycles. The van der Waals surface area contributed by atoms with Gasteiger partial charge in [-0.25, -0.2) is 4.39 Å². The minimum absolute atomic E-state index is 0.562. The van der Waals surface area contributed by atoms with Gasteiger partial charge in [0.1, 0.15) is 6.17 Å². The average molecular weight is 221 g/mol. The highest BCUT2D eigenvalue weighted by atomic mass is 19.1. The Morgan fingerprint density at radius 2 is 2.25 bits per heavy atom. The molecule has 1 aromatic rings. The Bertz CT molecular complexity index is 348. The molecule has 88 valence electrons. The van der Waals surface area contributed by atoms with E-state index in [4.69, 9.17) is 0 Å². The molecule has 16 heavy (non-hydrogen) atoms. The molecule has 0 spiro atoms. The molecule has 1 aromatic carbocycles. The average Bonchev–Trinajstić information content (AvgIpc) is 2.64. The molecule has 2 rings (SSSR count). The van der Waals surface area contributed by atoms with Crippen LogP contribution in [0.5, 0.6) is 0 Å². The van der Waals surface area contributed by atoms with Gasteiger partial charge in [-0.05, 0) is 23.5 Å². The highest BCUT2D eigenvalue weighted by molar-refractivity contribution is 5.25. The van der Waals surface area contributed by atoms with E-state index in [0.29, 0.717) is 18.9 Å². The quantitative estimate of drug-likeness (QED) is 0.756. The van der Waals surface area contributed by atoms with Gasteiger partial charge in [0, 0.05) is 19.6 Å². The van der Waals surface area contributed by atoms with Gasteiger partial charge in [0.05, 0.1) is 0 Å². The molecule has 1 fully saturated rings. The summed E-state index contributed by atoms with van der Waals surface area (Å²) in [5.74, 6) is 0.562. The first-order valence-electron chi connectivity index (χ1n) is 6.10. The summed E-state index contributed by atoms with van der Waals surface area (Å²) in [4.78, 5) is 2.20. The van der Waals surface area contributed by atoms with Gasteiger partial charge in [0.25, 0.3) is 0 Å². The van der Waals surface area contributed by atoms with Crippen LogP contribution >= 0.6 is 0 Å². The van der Waals surface area contributed by atoms with Crippen LogP contribution in [0, 0.1) is 0 Å². The predicted molar refractivity (Wildman–Crippen MR) is 65.3 cm³/mol. The van der Waals surface area contributed by atoms with Crippen molar-refractivity contribution in [2.24, 2.45) is 0 Å². The Morgan fingerprint density at radius 1 is 1.44 bits per heavy atom. The van der Waals surface area contributed by atoms with E-state index >= 15 is 0 Å². The number of halogens is 1. The van der Waals surface area contributed by atoms with Crippen molar-refractivity contribution in [1.82, 2.24) is 4.90 Å². The number of benzene rings is 1. The second kappa shape index (κ2) is 4.96. The van der Waals surface area contributed by atoms with Crippen LogP contribution in [0.2, 0.25) is 0 Å². The van der Waals surface area contributed by atoms with E-state index in [1.54, 1.807) is 0 Å². The lowest BCUT2D eigenvalue weighted by Crippen LogP contribution is -2.20. The van der Waals surface area contributed by atoms with Crippen LogP contribution in [0.15, 0.2) is 24.3 Å². The summed E-state index contributed by atoms with van der Waals surface area (Å²) in [5, 5.41) is 0. The molecule has 0 N–H and O–H groups in total. The third-order valence-corrected chi connectivity index (χ3v) is 3.24. The van der Waals surface area contributed by atoms with Crippen molar-refractivity contribution in [2.45, 2.75) is 38.9 Å². The van der Waals surface area contributed by atoms with Gasteiger partial charge < -0.3 is 0 Å². The zero-order chi connectivity index (χ0) is 11.5. The lowest BCUT2D eigenvalue weighted by molar-refractivity contribution is 0.282. The Kier molecular flexibility index (Phi) is 3.59. The van der Waals surface area contributed by atoms with E-state index in [1.807, 2.05) is 0 Å². The summed E-state index contributed by atoms with van der Waals surface area (Å²) in [6.45, 7) is 6.79. The van der Waals surface area contributed by atoms with Crippen LogP contribution in [-0.2, 0) is 6.54 Å². The maximum atomic E-state index is 13.0. The Balaban J connectivity index is 2.01. The topological polar surface area (TPSA) is 3.24 Å². The third kappa shape index (κ3) is 2.82. The zero-order valence-electron chi connectivity index (χ0n) is 10.1. The van der Waals surface area contributed by atoms with Crippen molar-refractivity contribution < 1.29 is 4.39 Å². The van der Waals surface area contributed by atoms with Crippen LogP contribution < -0.4 is 0 Å². The lowest BCUT2D eigenvalue weighted by atomic mass is 10.0. The Morgan fingerprint density at radius 3 is 2.88 bits per heavy atom. The maximum Gasteiger partial charge on any atom is 0.114 e. The molecule has 1 unspecified atom stereocenters. The summed E-state index contributed by atoms with van der Waals surface area (Å²) in [5.41, 5.74) is 2.67. The van der Waals surface area contributed by atoms with E-state index in [0.717, 1.165) is 13.1 Å². The van der Waals surface area contributed by atoms with Crippen molar-refractivity contribution in [1.29, 1.82) is 0 Å². The van der Waals surface area contributed by atoms with E-state index in [2.05, 4.69) is 43.0 Å². The van der Waals surface area contributed by atoms with Gasteiger partial charge in [-0.1, -0.05) is 38.1 Å². The van der Waals surface area contributed by atoms with Crippen LogP contribution in [0.3, 0.4) is 0 Å². The highest BCUT2D eigenvalue weighted by Gasteiger charge is 2.21. The van der Waals surface area contributed by atoms with Gasteiger partial charge in [0.2, 0.25) is 0 Å². The zero-order valence-corrected chi connectivity index (χ0v) is 10.1. The predicted octanol–water partition coefficient (Wildman–Crippen LogP) is 3.35. The molecule has 0 amide bonds. The van der Waals surface area contributed by atoms with Crippen molar-refractivity contribution in [2.75, 3.05) is 13.1 Å². The standard InChI is InChI=1S/C14H20FN/c1-11(2)13-5-3-4-12(8-13)9-16-7-6-14(15)10-16/h3-5,8,11,14H,6-7,9-10H2,1-2H3. The first kappa shape index (κ1) is 11.6. The summed E-state index contributed by atoms with van der Waals surface area (Å²) < 4.78 is 13.0. The summed E-state index contributed by atoms with van der Waals surface area (Å²) in [7, 11) is 0. The highest BCUT2D eigenvalue weighted by Crippen LogP contribution is 2.19. The van der Waals surface area contributed by atoms with Crippen LogP contribution in [0.25, 0.3) is 0 Å². The van der Waals surface area contributed by atoms with Gasteiger partial charge in [0.15, 0.2) is 0 Å². The van der Waals surface area contributed by atoms with Crippen molar-refractivity contribution in [3.05, 3.63) is 35.4 Å². The van der Waals surface area contributed by atoms with Gasteiger partial charge in [-0.3, -0.25) is 4.90 Å². The van der Waals surface area contributed by atoms with E-state index in [1.165, 1.54) is 11.1 Å². The molecule has 0 aliphatic carbocycles. The smallest absolute Gasteiger partial charge is 0.114 e. The van der Waals surface area contributed by atoms with E-state index in [-0.39, 0.29) is 0 Å². The number of likely N-dealkylation sites (tertiary alicyclic amines) is 1. The fourth-order valence-electron chi connectivity index (χ4n) is 2.24. The molecule has 0 bridgehead atoms. The molecule has 0 saturated carbocycles. The maximum absolute atomic E-state index is 13.0. The van der Waals surface area contributed by atoms with Gasteiger partial charge >= 0.3 is 0 Å². The molecule has 1 atom stereocenters. The monoisotopic (exact) mass is 221 g/mol. The second-order valence-corrected chi connectivity index (χ2v) is 5.02. The van der Waals surface area contributed by atoms with Gasteiger partial charge in [-0.2, -0.15) is 0 Å². The molecule has 1 saturated heterocycles. The lowest BCUT2D eigenvalue weighted by Gasteiger charge is -2.15. The van der Waals surface area contributed by atoms with Crippen LogP contribution in [-0.4, -0.2) is 24.2 Å². The van der Waals surface area contributed by atoms with E-state index < -0.39 is 6.17 Å². The van der Waals surface area contributed by atoms with Crippen LogP contribution in [0.1, 0.15) is 37.3 Å². The van der Waals surface area contributed by atoms with E-state index in [9.17, 15) is 4.39 Å². The third-order valence-electron chi connectivity index (χ3n) is 3.24. The summed E-state index contributed by atoms with van der Waals surface area (Å²) in [6, 6.07) is 8.65. The minimum atomic E-state index is -0.617. The number of hydrogen-bond donors (Lipinski definition) is 0. The van der Waals surface area contributed by atoms with Crippen molar-refractivity contribution >= 4 is 0 Å². The summed E-state index contributed by atoms with van der Waals surface area (Å²) in [6.07, 6.45) is 0.0810. The normalized spacial score (nSPS) is 21.9. The molecule has 1 aliphatic heterocycles. The Hall–Kier alpha value is -0.890. The Labute approximate surface area is 97.3 Å². The summed E-state index contributed by atoms with van der Waals surface area (Å²) >= 11 is 0. The van der Waals surface area contributed by atoms with Crippen LogP contribution in [0.4, 0.5) is 4.39 Å². The number of rotatable bonds is 3. The molecule has 0 radical (unpaired) electrons. The molecule has 1 nitrogen and oxygen atoms in total.